The number of thioether (sulfide) groups is 2. The van der Waals surface area contributed by atoms with Gasteiger partial charge in [-0.2, -0.15) is 11.8 Å². The number of aliphatic hydroxyl groups is 2. The van der Waals surface area contributed by atoms with Crippen molar-refractivity contribution in [3.05, 3.63) is 114 Å². The lowest BCUT2D eigenvalue weighted by molar-refractivity contribution is -0.223. The molecular formula is C58H83NO6S2. The Hall–Kier alpha value is -3.21. The maximum Gasteiger partial charge on any atom is 0.230 e. The Morgan fingerprint density at radius 1 is 0.761 bits per heavy atom. The first-order chi connectivity index (χ1) is 33.1. The van der Waals surface area contributed by atoms with E-state index in [2.05, 4.69) is 74.2 Å². The standard InChI is InChI=1S/C58H83NO6S2/c1-3-5-6-7-8-9-10-11-12-13-14-15-16-27-40-67-55-44-53(59-64-45-46-28-19-17-20-29-46)51-42-47(30-23-25-36-60)50(33-24-26-37-61)56-52-43-48(62-39-41-66-49-31-21-18-22-32-49)34-35-54(52)65-58(55,57(51)56)63-38-4-2/h4,17-22,28-29,31-32,34-35,42-43,47,50,55-57,60-61H,2-3,5-16,23-27,30,33,36-41,44-45H2,1H3/t47-,50+,55-,56+,57+,58+/m0/s1. The number of fused-ring (bicyclic) bond motifs is 2. The zero-order valence-corrected chi connectivity index (χ0v) is 42.5. The highest BCUT2D eigenvalue weighted by atomic mass is 32.2. The molecule has 67 heavy (non-hydrogen) atoms. The van der Waals surface area contributed by atoms with Crippen molar-refractivity contribution in [2.75, 3.05) is 37.9 Å². The second kappa shape index (κ2) is 30.4. The number of hydrogen-bond acceptors (Lipinski definition) is 9. The summed E-state index contributed by atoms with van der Waals surface area (Å²) < 4.78 is 21.2. The molecule has 6 rings (SSSR count). The smallest absolute Gasteiger partial charge is 0.230 e. The van der Waals surface area contributed by atoms with E-state index >= 15 is 0 Å². The highest BCUT2D eigenvalue weighted by molar-refractivity contribution is 8.00. The molecule has 1 fully saturated rings. The maximum atomic E-state index is 10.0. The van der Waals surface area contributed by atoms with Crippen LogP contribution in [0.3, 0.4) is 0 Å². The van der Waals surface area contributed by atoms with Crippen LogP contribution in [0.4, 0.5) is 0 Å². The van der Waals surface area contributed by atoms with Gasteiger partial charge in [-0.3, -0.25) is 0 Å². The summed E-state index contributed by atoms with van der Waals surface area (Å²) in [5.41, 5.74) is 4.39. The van der Waals surface area contributed by atoms with Gasteiger partial charge in [-0.15, -0.1) is 18.3 Å². The maximum absolute atomic E-state index is 10.0. The summed E-state index contributed by atoms with van der Waals surface area (Å²) in [7, 11) is 0. The zero-order chi connectivity index (χ0) is 46.8. The van der Waals surface area contributed by atoms with E-state index in [0.717, 1.165) is 84.8 Å². The number of hydrogen-bond donors (Lipinski definition) is 2. The summed E-state index contributed by atoms with van der Waals surface area (Å²) in [4.78, 5) is 7.53. The van der Waals surface area contributed by atoms with Gasteiger partial charge in [0, 0.05) is 41.8 Å². The Kier molecular flexibility index (Phi) is 24.1. The zero-order valence-electron chi connectivity index (χ0n) is 40.8. The SMILES string of the molecule is C=CCO[C@@]12Oc3ccc(OCCSc4ccccc4)cc3[C@H]3[C@H](CCCCO)[C@@H](CCCCO)C=C(C(=NOCc4ccccc4)C[C@@H]1SCCCCCCCCCCCCCCCC)[C@H]32. The lowest BCUT2D eigenvalue weighted by Gasteiger charge is -2.58. The molecule has 0 radical (unpaired) electrons. The molecular weight excluding hydrogens is 871 g/mol. The molecule has 0 aromatic heterocycles. The summed E-state index contributed by atoms with van der Waals surface area (Å²) in [5, 5.41) is 25.0. The summed E-state index contributed by atoms with van der Waals surface area (Å²) in [6.07, 6.45) is 29.1. The summed E-state index contributed by atoms with van der Waals surface area (Å²) >= 11 is 3.78. The third-order valence-electron chi connectivity index (χ3n) is 14.1. The summed E-state index contributed by atoms with van der Waals surface area (Å²) in [6.45, 7) is 8.13. The molecule has 2 N–H and O–H groups in total. The first-order valence-electron chi connectivity index (χ1n) is 26.3. The number of benzene rings is 3. The lowest BCUT2D eigenvalue weighted by Crippen LogP contribution is -2.64. The van der Waals surface area contributed by atoms with Crippen LogP contribution in [-0.4, -0.2) is 64.9 Å². The van der Waals surface area contributed by atoms with Crippen LogP contribution in [0.15, 0.2) is 113 Å². The fourth-order valence-electron chi connectivity index (χ4n) is 10.7. The summed E-state index contributed by atoms with van der Waals surface area (Å²) in [6, 6.07) is 27.2. The molecule has 368 valence electrons. The fourth-order valence-corrected chi connectivity index (χ4v) is 12.9. The molecule has 1 aliphatic heterocycles. The summed E-state index contributed by atoms with van der Waals surface area (Å²) in [5.74, 6) is 2.97. The van der Waals surface area contributed by atoms with Crippen molar-refractivity contribution >= 4 is 29.2 Å². The first kappa shape index (κ1) is 53.1. The van der Waals surface area contributed by atoms with Gasteiger partial charge in [-0.1, -0.05) is 169 Å². The molecule has 1 heterocycles. The number of aliphatic hydroxyl groups excluding tert-OH is 2. The fraction of sp³-hybridized carbons (Fsp3) is 0.603. The van der Waals surface area contributed by atoms with Crippen LogP contribution in [-0.2, 0) is 16.2 Å². The third kappa shape index (κ3) is 16.2. The van der Waals surface area contributed by atoms with Gasteiger partial charge >= 0.3 is 0 Å². The Labute approximate surface area is 413 Å². The van der Waals surface area contributed by atoms with Crippen LogP contribution in [0.5, 0.6) is 11.5 Å². The molecule has 0 bridgehead atoms. The van der Waals surface area contributed by atoms with Crippen LogP contribution in [0, 0.1) is 17.8 Å². The molecule has 0 spiro atoms. The minimum Gasteiger partial charge on any atom is -0.493 e. The van der Waals surface area contributed by atoms with E-state index in [1.54, 1.807) is 11.8 Å². The second-order valence-corrected chi connectivity index (χ2v) is 21.5. The van der Waals surface area contributed by atoms with Crippen LogP contribution >= 0.6 is 23.5 Å². The number of allylic oxidation sites excluding steroid dienone is 1. The largest absolute Gasteiger partial charge is 0.493 e. The van der Waals surface area contributed by atoms with Crippen molar-refractivity contribution in [2.45, 2.75) is 170 Å². The predicted octanol–water partition coefficient (Wildman–Crippen LogP) is 14.9. The van der Waals surface area contributed by atoms with Crippen molar-refractivity contribution in [2.24, 2.45) is 22.9 Å². The number of ether oxygens (including phenoxy) is 3. The number of nitrogens with zero attached hydrogens (tertiary/aromatic N) is 1. The third-order valence-corrected chi connectivity index (χ3v) is 16.4. The molecule has 3 aliphatic rings. The van der Waals surface area contributed by atoms with Crippen LogP contribution < -0.4 is 9.47 Å². The molecule has 3 aromatic rings. The van der Waals surface area contributed by atoms with E-state index < -0.39 is 5.79 Å². The van der Waals surface area contributed by atoms with Gasteiger partial charge in [-0.05, 0) is 91.2 Å². The molecule has 0 unspecified atom stereocenters. The molecule has 6 atom stereocenters. The minimum atomic E-state index is -0.962. The number of rotatable bonds is 35. The van der Waals surface area contributed by atoms with E-state index in [1.807, 2.05) is 42.1 Å². The van der Waals surface area contributed by atoms with E-state index in [4.69, 9.17) is 24.2 Å². The van der Waals surface area contributed by atoms with Crippen molar-refractivity contribution in [1.29, 1.82) is 0 Å². The normalized spacial score (nSPS) is 22.4. The molecule has 0 saturated heterocycles. The van der Waals surface area contributed by atoms with Gasteiger partial charge in [0.1, 0.15) is 18.1 Å². The van der Waals surface area contributed by atoms with Crippen molar-refractivity contribution in [1.82, 2.24) is 0 Å². The first-order valence-corrected chi connectivity index (χ1v) is 28.3. The monoisotopic (exact) mass is 954 g/mol. The molecule has 9 heteroatoms. The van der Waals surface area contributed by atoms with Gasteiger partial charge < -0.3 is 29.3 Å². The van der Waals surface area contributed by atoms with Crippen LogP contribution in [0.1, 0.15) is 159 Å². The molecule has 1 saturated carbocycles. The van der Waals surface area contributed by atoms with E-state index in [9.17, 15) is 10.2 Å². The van der Waals surface area contributed by atoms with Crippen LogP contribution in [0.2, 0.25) is 0 Å². The van der Waals surface area contributed by atoms with E-state index in [-0.39, 0.29) is 42.1 Å². The molecule has 2 aliphatic carbocycles. The van der Waals surface area contributed by atoms with Gasteiger partial charge in [0.2, 0.25) is 5.79 Å². The van der Waals surface area contributed by atoms with Gasteiger partial charge in [0.15, 0.2) is 0 Å². The highest BCUT2D eigenvalue weighted by Gasteiger charge is 2.64. The van der Waals surface area contributed by atoms with Crippen molar-refractivity contribution in [3.63, 3.8) is 0 Å². The average molecular weight is 954 g/mol. The Morgan fingerprint density at radius 3 is 2.09 bits per heavy atom. The van der Waals surface area contributed by atoms with Crippen molar-refractivity contribution in [3.8, 4) is 11.5 Å². The topological polar surface area (TPSA) is 89.7 Å². The quantitative estimate of drug-likeness (QED) is 0.0261. The van der Waals surface area contributed by atoms with Crippen LogP contribution in [0.25, 0.3) is 0 Å². The lowest BCUT2D eigenvalue weighted by atomic mass is 9.56. The molecule has 7 nitrogen and oxygen atoms in total. The molecule has 3 aromatic carbocycles. The highest BCUT2D eigenvalue weighted by Crippen LogP contribution is 2.62. The van der Waals surface area contributed by atoms with E-state index in [1.165, 1.54) is 93.9 Å². The average Bonchev–Trinajstić information content (AvgIpc) is 3.35. The van der Waals surface area contributed by atoms with Gasteiger partial charge in [-0.25, -0.2) is 0 Å². The van der Waals surface area contributed by atoms with Crippen molar-refractivity contribution < 1.29 is 29.3 Å². The Morgan fingerprint density at radius 2 is 1.42 bits per heavy atom. The van der Waals surface area contributed by atoms with Gasteiger partial charge in [0.25, 0.3) is 0 Å². The molecule has 0 amide bonds. The minimum absolute atomic E-state index is 0.0393. The number of oxime groups is 1. The van der Waals surface area contributed by atoms with Gasteiger partial charge in [0.05, 0.1) is 30.1 Å². The Bertz CT molecular complexity index is 1890. The second-order valence-electron chi connectivity index (χ2n) is 19.0. The Balaban J connectivity index is 1.26. The predicted molar refractivity (Wildman–Crippen MR) is 282 cm³/mol. The van der Waals surface area contributed by atoms with E-state index in [0.29, 0.717) is 26.2 Å². The number of unbranched alkanes of at least 4 members (excludes halogenated alkanes) is 15.